The second-order valence-electron chi connectivity index (χ2n) is 5.94. The second-order valence-corrected chi connectivity index (χ2v) is 6.85. The Morgan fingerprint density at radius 1 is 1.50 bits per heavy atom. The molecule has 0 bridgehead atoms. The number of carbonyl (C=O) groups excluding carboxylic acids is 1. The Labute approximate surface area is 127 Å². The van der Waals surface area contributed by atoms with E-state index in [1.165, 1.54) is 0 Å². The van der Waals surface area contributed by atoms with Crippen molar-refractivity contribution >= 4 is 27.7 Å². The lowest BCUT2D eigenvalue weighted by Gasteiger charge is -2.22. The van der Waals surface area contributed by atoms with Crippen LogP contribution in [0.3, 0.4) is 0 Å². The summed E-state index contributed by atoms with van der Waals surface area (Å²) in [5.41, 5.74) is 0.601. The second kappa shape index (κ2) is 5.99. The van der Waals surface area contributed by atoms with Crippen LogP contribution in [-0.4, -0.2) is 35.8 Å². The van der Waals surface area contributed by atoms with E-state index in [9.17, 15) is 4.79 Å². The van der Waals surface area contributed by atoms with Crippen molar-refractivity contribution in [3.63, 3.8) is 0 Å². The van der Waals surface area contributed by atoms with Gasteiger partial charge in [0.05, 0.1) is 17.9 Å². The van der Waals surface area contributed by atoms with E-state index in [1.807, 2.05) is 33.0 Å². The Morgan fingerprint density at radius 3 is 2.90 bits per heavy atom. The quantitative estimate of drug-likeness (QED) is 0.898. The molecule has 2 heterocycles. The van der Waals surface area contributed by atoms with Crippen LogP contribution in [0.25, 0.3) is 0 Å². The largest absolute Gasteiger partial charge is 0.444 e. The number of aromatic nitrogens is 1. The first kappa shape index (κ1) is 15.1. The fraction of sp³-hybridized carbons (Fsp3) is 0.571. The van der Waals surface area contributed by atoms with Crippen molar-refractivity contribution in [2.24, 2.45) is 0 Å². The van der Waals surface area contributed by atoms with Crippen molar-refractivity contribution in [2.45, 2.75) is 38.8 Å². The lowest BCUT2D eigenvalue weighted by Crippen LogP contribution is -2.40. The number of carbonyl (C=O) groups is 1. The third-order valence-electron chi connectivity index (χ3n) is 2.96. The first-order valence-corrected chi connectivity index (χ1v) is 7.48. The standard InChI is InChI=1S/C14H20BrN3O2/c1-14(2,3)20-13(19)17-11-4-5-18(9-11)12-6-10(15)7-16-8-12/h6-8,11H,4-5,9H2,1-3H3,(H,17,19)/t11-/m1/s1. The van der Waals surface area contributed by atoms with Gasteiger partial charge in [-0.3, -0.25) is 4.98 Å². The van der Waals surface area contributed by atoms with Gasteiger partial charge in [-0.15, -0.1) is 0 Å². The average Bonchev–Trinajstić information content (AvgIpc) is 2.74. The van der Waals surface area contributed by atoms with E-state index in [0.29, 0.717) is 0 Å². The van der Waals surface area contributed by atoms with Crippen molar-refractivity contribution in [3.8, 4) is 0 Å². The maximum atomic E-state index is 11.7. The number of nitrogens with zero attached hydrogens (tertiary/aromatic N) is 2. The number of pyridine rings is 1. The number of halogens is 1. The highest BCUT2D eigenvalue weighted by Crippen LogP contribution is 2.22. The van der Waals surface area contributed by atoms with Crippen molar-refractivity contribution in [1.82, 2.24) is 10.3 Å². The van der Waals surface area contributed by atoms with Crippen LogP contribution in [0.5, 0.6) is 0 Å². The minimum Gasteiger partial charge on any atom is -0.444 e. The third kappa shape index (κ3) is 4.37. The number of hydrogen-bond donors (Lipinski definition) is 1. The summed E-state index contributed by atoms with van der Waals surface area (Å²) in [7, 11) is 0. The van der Waals surface area contributed by atoms with Gasteiger partial charge in [0.2, 0.25) is 0 Å². The van der Waals surface area contributed by atoms with E-state index >= 15 is 0 Å². The minimum absolute atomic E-state index is 0.115. The highest BCUT2D eigenvalue weighted by Gasteiger charge is 2.26. The lowest BCUT2D eigenvalue weighted by atomic mass is 10.2. The van der Waals surface area contributed by atoms with E-state index in [0.717, 1.165) is 29.7 Å². The molecule has 1 saturated heterocycles. The monoisotopic (exact) mass is 341 g/mol. The summed E-state index contributed by atoms with van der Waals surface area (Å²) < 4.78 is 6.23. The first-order valence-electron chi connectivity index (χ1n) is 6.68. The van der Waals surface area contributed by atoms with Crippen molar-refractivity contribution in [2.75, 3.05) is 18.0 Å². The fourth-order valence-corrected chi connectivity index (χ4v) is 2.51. The molecule has 1 aliphatic rings. The van der Waals surface area contributed by atoms with Crippen molar-refractivity contribution in [1.29, 1.82) is 0 Å². The van der Waals surface area contributed by atoms with Crippen LogP contribution >= 0.6 is 15.9 Å². The van der Waals surface area contributed by atoms with Gasteiger partial charge in [-0.2, -0.15) is 0 Å². The van der Waals surface area contributed by atoms with E-state index in [-0.39, 0.29) is 12.1 Å². The van der Waals surface area contributed by atoms with E-state index in [1.54, 1.807) is 6.20 Å². The first-order chi connectivity index (χ1) is 9.33. The minimum atomic E-state index is -0.462. The Hall–Kier alpha value is -1.30. The highest BCUT2D eigenvalue weighted by atomic mass is 79.9. The summed E-state index contributed by atoms with van der Waals surface area (Å²) in [5.74, 6) is 0. The lowest BCUT2D eigenvalue weighted by molar-refractivity contribution is 0.0509. The van der Waals surface area contributed by atoms with E-state index in [2.05, 4.69) is 31.1 Å². The Balaban J connectivity index is 1.88. The number of hydrogen-bond acceptors (Lipinski definition) is 4. The molecule has 2 rings (SSSR count). The van der Waals surface area contributed by atoms with Crippen LogP contribution in [-0.2, 0) is 4.74 Å². The number of alkyl carbamates (subject to hydrolysis) is 1. The van der Waals surface area contributed by atoms with Crippen LogP contribution in [0.15, 0.2) is 22.9 Å². The molecule has 1 aromatic rings. The summed E-state index contributed by atoms with van der Waals surface area (Å²) >= 11 is 3.42. The molecule has 1 N–H and O–H groups in total. The summed E-state index contributed by atoms with van der Waals surface area (Å²) in [6.07, 6.45) is 4.15. The molecule has 1 fully saturated rings. The van der Waals surface area contributed by atoms with Gasteiger partial charge in [0, 0.05) is 23.8 Å². The summed E-state index contributed by atoms with van der Waals surface area (Å²) in [4.78, 5) is 18.1. The summed E-state index contributed by atoms with van der Waals surface area (Å²) in [6.45, 7) is 7.26. The Kier molecular flexibility index (Phi) is 4.52. The molecule has 1 amide bonds. The van der Waals surface area contributed by atoms with Gasteiger partial charge in [-0.25, -0.2) is 4.79 Å². The molecular formula is C14H20BrN3O2. The van der Waals surface area contributed by atoms with Crippen molar-refractivity contribution < 1.29 is 9.53 Å². The molecule has 5 nitrogen and oxygen atoms in total. The molecule has 0 radical (unpaired) electrons. The van der Waals surface area contributed by atoms with Crippen molar-refractivity contribution in [3.05, 3.63) is 22.9 Å². The van der Waals surface area contributed by atoms with Gasteiger partial charge >= 0.3 is 6.09 Å². The van der Waals surface area contributed by atoms with E-state index < -0.39 is 5.60 Å². The number of anilines is 1. The maximum Gasteiger partial charge on any atom is 0.407 e. The van der Waals surface area contributed by atoms with Crippen LogP contribution < -0.4 is 10.2 Å². The average molecular weight is 342 g/mol. The molecular weight excluding hydrogens is 322 g/mol. The molecule has 6 heteroatoms. The molecule has 0 aromatic carbocycles. The van der Waals surface area contributed by atoms with Crippen LogP contribution in [0.1, 0.15) is 27.2 Å². The zero-order valence-corrected chi connectivity index (χ0v) is 13.6. The van der Waals surface area contributed by atoms with Gasteiger partial charge in [-0.05, 0) is 49.2 Å². The van der Waals surface area contributed by atoms with Gasteiger partial charge in [0.25, 0.3) is 0 Å². The molecule has 20 heavy (non-hydrogen) atoms. The van der Waals surface area contributed by atoms with E-state index in [4.69, 9.17) is 4.74 Å². The van der Waals surface area contributed by atoms with Gasteiger partial charge < -0.3 is 15.0 Å². The predicted octanol–water partition coefficient (Wildman–Crippen LogP) is 2.95. The van der Waals surface area contributed by atoms with Crippen LogP contribution in [0.2, 0.25) is 0 Å². The van der Waals surface area contributed by atoms with Gasteiger partial charge in [-0.1, -0.05) is 0 Å². The summed E-state index contributed by atoms with van der Waals surface area (Å²) in [6, 6.07) is 2.15. The summed E-state index contributed by atoms with van der Waals surface area (Å²) in [5, 5.41) is 2.91. The molecule has 1 aromatic heterocycles. The molecule has 1 atom stereocenters. The van der Waals surface area contributed by atoms with Gasteiger partial charge in [0.15, 0.2) is 0 Å². The molecule has 0 spiro atoms. The number of ether oxygens (including phenoxy) is 1. The molecule has 1 aliphatic heterocycles. The maximum absolute atomic E-state index is 11.7. The smallest absolute Gasteiger partial charge is 0.407 e. The SMILES string of the molecule is CC(C)(C)OC(=O)N[C@@H]1CCN(c2cncc(Br)c2)C1. The number of rotatable bonds is 2. The Morgan fingerprint density at radius 2 is 2.25 bits per heavy atom. The normalized spacial score (nSPS) is 19.0. The van der Waals surface area contributed by atoms with Crippen LogP contribution in [0.4, 0.5) is 10.5 Å². The Bertz CT molecular complexity index is 488. The fourth-order valence-electron chi connectivity index (χ4n) is 2.16. The predicted molar refractivity (Wildman–Crippen MR) is 81.9 cm³/mol. The molecule has 110 valence electrons. The molecule has 0 saturated carbocycles. The topological polar surface area (TPSA) is 54.5 Å². The van der Waals surface area contributed by atoms with Crippen LogP contribution in [0, 0.1) is 0 Å². The molecule has 0 unspecified atom stereocenters. The van der Waals surface area contributed by atoms with Gasteiger partial charge in [0.1, 0.15) is 5.60 Å². The highest BCUT2D eigenvalue weighted by molar-refractivity contribution is 9.10. The third-order valence-corrected chi connectivity index (χ3v) is 3.40. The number of amides is 1. The zero-order chi connectivity index (χ0) is 14.8. The zero-order valence-electron chi connectivity index (χ0n) is 12.0. The molecule has 0 aliphatic carbocycles. The number of nitrogens with one attached hydrogen (secondary N) is 1.